The molecule has 4 aromatic rings. The van der Waals surface area contributed by atoms with Crippen molar-refractivity contribution in [2.45, 2.75) is 0 Å². The Morgan fingerprint density at radius 1 is 0.909 bits per heavy atom. The zero-order chi connectivity index (χ0) is 22.6. The van der Waals surface area contributed by atoms with E-state index in [0.717, 1.165) is 16.6 Å². The molecule has 1 aliphatic rings. The van der Waals surface area contributed by atoms with E-state index >= 15 is 0 Å². The van der Waals surface area contributed by atoms with Gasteiger partial charge in [-0.05, 0) is 35.9 Å². The van der Waals surface area contributed by atoms with Gasteiger partial charge in [0.1, 0.15) is 0 Å². The fraction of sp³-hybridized carbons (Fsp3) is 0.167. The van der Waals surface area contributed by atoms with Crippen molar-refractivity contribution in [3.05, 3.63) is 72.7 Å². The number of rotatable bonds is 4. The van der Waals surface area contributed by atoms with Crippen molar-refractivity contribution in [3.63, 3.8) is 0 Å². The van der Waals surface area contributed by atoms with Crippen LogP contribution in [0, 0.1) is 0 Å². The first-order valence-electron chi connectivity index (χ1n) is 10.6. The molecule has 0 spiro atoms. The molecule has 1 aliphatic heterocycles. The maximum atomic E-state index is 12.8. The van der Waals surface area contributed by atoms with Crippen LogP contribution in [-0.2, 0) is 4.74 Å². The summed E-state index contributed by atoms with van der Waals surface area (Å²) < 4.78 is 5.30. The molecule has 166 valence electrons. The fourth-order valence-electron chi connectivity index (χ4n) is 3.71. The number of nitrogens with zero attached hydrogens (tertiary/aromatic N) is 3. The lowest BCUT2D eigenvalue weighted by atomic mass is 10.0. The second-order valence-electron chi connectivity index (χ2n) is 7.64. The summed E-state index contributed by atoms with van der Waals surface area (Å²) in [6, 6.07) is 16.6. The van der Waals surface area contributed by atoms with Crippen molar-refractivity contribution in [2.24, 2.45) is 0 Å². The summed E-state index contributed by atoms with van der Waals surface area (Å²) in [5.41, 5.74) is 4.02. The standard InChI is InChI=1S/C24H22N6O3/c31-23(26-18-4-2-1-3-5-18)22-20-13-16(6-7-21(20)28-29-22)17-12-19(15-25-14-17)27-24(32)30-8-10-33-11-9-30/h1-7,12-15H,8-11H2,(H,26,31)(H,27,32)(H,28,29). The molecular formula is C24H22N6O3. The third-order valence-corrected chi connectivity index (χ3v) is 5.43. The van der Waals surface area contributed by atoms with Gasteiger partial charge in [0.15, 0.2) is 5.69 Å². The number of benzene rings is 2. The second kappa shape index (κ2) is 9.09. The quantitative estimate of drug-likeness (QED) is 0.446. The Hall–Kier alpha value is -4.24. The molecule has 3 amide bonds. The largest absolute Gasteiger partial charge is 0.378 e. The van der Waals surface area contributed by atoms with Crippen LogP contribution < -0.4 is 10.6 Å². The molecule has 1 fully saturated rings. The molecule has 0 bridgehead atoms. The number of para-hydroxylation sites is 1. The maximum absolute atomic E-state index is 12.8. The maximum Gasteiger partial charge on any atom is 0.322 e. The van der Waals surface area contributed by atoms with Crippen LogP contribution in [-0.4, -0.2) is 58.3 Å². The number of nitrogens with one attached hydrogen (secondary N) is 3. The van der Waals surface area contributed by atoms with Gasteiger partial charge in [-0.25, -0.2) is 4.79 Å². The zero-order valence-electron chi connectivity index (χ0n) is 17.7. The number of aromatic amines is 1. The average molecular weight is 442 g/mol. The summed E-state index contributed by atoms with van der Waals surface area (Å²) in [4.78, 5) is 31.3. The van der Waals surface area contributed by atoms with E-state index in [-0.39, 0.29) is 11.9 Å². The normalized spacial score (nSPS) is 13.6. The highest BCUT2D eigenvalue weighted by atomic mass is 16.5. The van der Waals surface area contributed by atoms with Crippen LogP contribution in [0.4, 0.5) is 16.2 Å². The monoisotopic (exact) mass is 442 g/mol. The zero-order valence-corrected chi connectivity index (χ0v) is 17.7. The van der Waals surface area contributed by atoms with Crippen molar-refractivity contribution in [2.75, 3.05) is 36.9 Å². The number of urea groups is 1. The van der Waals surface area contributed by atoms with Crippen LogP contribution in [0.25, 0.3) is 22.0 Å². The fourth-order valence-corrected chi connectivity index (χ4v) is 3.71. The highest BCUT2D eigenvalue weighted by Gasteiger charge is 2.18. The lowest BCUT2D eigenvalue weighted by molar-refractivity contribution is 0.0564. The number of hydrogen-bond donors (Lipinski definition) is 3. The Labute approximate surface area is 189 Å². The highest BCUT2D eigenvalue weighted by Crippen LogP contribution is 2.27. The van der Waals surface area contributed by atoms with E-state index in [4.69, 9.17) is 4.74 Å². The molecule has 0 aliphatic carbocycles. The van der Waals surface area contributed by atoms with Crippen LogP contribution in [0.3, 0.4) is 0 Å². The Bertz CT molecular complexity index is 1300. The van der Waals surface area contributed by atoms with E-state index in [9.17, 15) is 9.59 Å². The topological polar surface area (TPSA) is 112 Å². The molecule has 2 aromatic heterocycles. The van der Waals surface area contributed by atoms with Crippen molar-refractivity contribution >= 4 is 34.2 Å². The van der Waals surface area contributed by atoms with Gasteiger partial charge in [-0.15, -0.1) is 0 Å². The predicted octanol–water partition coefficient (Wildman–Crippen LogP) is 3.74. The smallest absolute Gasteiger partial charge is 0.322 e. The lowest BCUT2D eigenvalue weighted by Crippen LogP contribution is -2.43. The average Bonchev–Trinajstić information content (AvgIpc) is 3.29. The van der Waals surface area contributed by atoms with Gasteiger partial charge in [-0.2, -0.15) is 5.10 Å². The first kappa shape index (κ1) is 20.7. The number of morpholine rings is 1. The molecule has 0 radical (unpaired) electrons. The number of aromatic nitrogens is 3. The third-order valence-electron chi connectivity index (χ3n) is 5.43. The minimum atomic E-state index is -0.297. The number of pyridine rings is 1. The van der Waals surface area contributed by atoms with Gasteiger partial charge in [0.05, 0.1) is 30.6 Å². The molecule has 5 rings (SSSR count). The number of anilines is 2. The molecule has 0 saturated carbocycles. The van der Waals surface area contributed by atoms with Crippen LogP contribution in [0.15, 0.2) is 67.0 Å². The number of hydrogen-bond acceptors (Lipinski definition) is 5. The van der Waals surface area contributed by atoms with Crippen molar-refractivity contribution in [3.8, 4) is 11.1 Å². The minimum absolute atomic E-state index is 0.178. The van der Waals surface area contributed by atoms with E-state index in [1.165, 1.54) is 0 Å². The van der Waals surface area contributed by atoms with Gasteiger partial charge < -0.3 is 20.3 Å². The third kappa shape index (κ3) is 4.53. The first-order valence-corrected chi connectivity index (χ1v) is 10.6. The Balaban J connectivity index is 1.38. The summed E-state index contributed by atoms with van der Waals surface area (Å²) in [5, 5.41) is 13.6. The van der Waals surface area contributed by atoms with E-state index in [2.05, 4.69) is 25.8 Å². The molecule has 3 N–H and O–H groups in total. The summed E-state index contributed by atoms with van der Waals surface area (Å²) in [6.45, 7) is 2.20. The molecule has 9 heteroatoms. The van der Waals surface area contributed by atoms with Crippen molar-refractivity contribution < 1.29 is 14.3 Å². The van der Waals surface area contributed by atoms with Gasteiger partial charge >= 0.3 is 6.03 Å². The van der Waals surface area contributed by atoms with E-state index in [1.807, 2.05) is 54.6 Å². The summed E-state index contributed by atoms with van der Waals surface area (Å²) in [7, 11) is 0. The number of fused-ring (bicyclic) bond motifs is 1. The number of H-pyrrole nitrogens is 1. The van der Waals surface area contributed by atoms with Gasteiger partial charge in [0.2, 0.25) is 0 Å². The molecule has 0 atom stereocenters. The number of carbonyl (C=O) groups is 2. The SMILES string of the molecule is O=C(Nc1ccccc1)c1n[nH]c2ccc(-c3cncc(NC(=O)N4CCOCC4)c3)cc12. The molecule has 3 heterocycles. The Kier molecular flexibility index (Phi) is 5.69. The molecule has 0 unspecified atom stereocenters. The minimum Gasteiger partial charge on any atom is -0.378 e. The predicted molar refractivity (Wildman–Crippen MR) is 125 cm³/mol. The van der Waals surface area contributed by atoms with Crippen molar-refractivity contribution in [1.29, 1.82) is 0 Å². The molecule has 33 heavy (non-hydrogen) atoms. The molecule has 2 aromatic carbocycles. The van der Waals surface area contributed by atoms with E-state index in [0.29, 0.717) is 48.8 Å². The Morgan fingerprint density at radius 3 is 2.55 bits per heavy atom. The van der Waals surface area contributed by atoms with Gasteiger partial charge in [0.25, 0.3) is 5.91 Å². The van der Waals surface area contributed by atoms with Gasteiger partial charge in [-0.3, -0.25) is 14.9 Å². The van der Waals surface area contributed by atoms with Crippen LogP contribution in [0.2, 0.25) is 0 Å². The van der Waals surface area contributed by atoms with E-state index in [1.54, 1.807) is 17.3 Å². The number of carbonyl (C=O) groups excluding carboxylic acids is 2. The number of amides is 3. The number of ether oxygens (including phenoxy) is 1. The van der Waals surface area contributed by atoms with Crippen LogP contribution in [0.1, 0.15) is 10.5 Å². The van der Waals surface area contributed by atoms with Crippen LogP contribution >= 0.6 is 0 Å². The van der Waals surface area contributed by atoms with Gasteiger partial charge in [-0.1, -0.05) is 24.3 Å². The molecule has 9 nitrogen and oxygen atoms in total. The van der Waals surface area contributed by atoms with Crippen LogP contribution in [0.5, 0.6) is 0 Å². The van der Waals surface area contributed by atoms with Gasteiger partial charge in [0, 0.05) is 35.9 Å². The Morgan fingerprint density at radius 2 is 1.73 bits per heavy atom. The summed E-state index contributed by atoms with van der Waals surface area (Å²) in [6.07, 6.45) is 3.33. The highest BCUT2D eigenvalue weighted by molar-refractivity contribution is 6.11. The molecular weight excluding hydrogens is 420 g/mol. The second-order valence-corrected chi connectivity index (χ2v) is 7.64. The van der Waals surface area contributed by atoms with Crippen molar-refractivity contribution in [1.82, 2.24) is 20.1 Å². The molecule has 1 saturated heterocycles. The lowest BCUT2D eigenvalue weighted by Gasteiger charge is -2.26. The first-order chi connectivity index (χ1) is 16.2. The summed E-state index contributed by atoms with van der Waals surface area (Å²) >= 11 is 0. The summed E-state index contributed by atoms with van der Waals surface area (Å²) in [5.74, 6) is -0.297. The van der Waals surface area contributed by atoms with E-state index < -0.39 is 0 Å².